The third kappa shape index (κ3) is 4.55. The highest BCUT2D eigenvalue weighted by Gasteiger charge is 2.33. The van der Waals surface area contributed by atoms with E-state index >= 15 is 4.39 Å². The highest BCUT2D eigenvalue weighted by Crippen LogP contribution is 2.41. The van der Waals surface area contributed by atoms with Gasteiger partial charge in [-0.15, -0.1) is 13.2 Å². The molecule has 0 fully saturated rings. The van der Waals surface area contributed by atoms with E-state index in [9.17, 15) is 22.0 Å². The molecule has 152 valence electrons. The van der Waals surface area contributed by atoms with Crippen LogP contribution in [0.3, 0.4) is 0 Å². The van der Waals surface area contributed by atoms with Crippen molar-refractivity contribution in [1.29, 1.82) is 0 Å². The molecule has 0 amide bonds. The molecule has 0 N–H and O–H groups in total. The number of aryl methyl sites for hydroxylation is 1. The fraction of sp³-hybridized carbons (Fsp3) is 0.182. The molecule has 29 heavy (non-hydrogen) atoms. The summed E-state index contributed by atoms with van der Waals surface area (Å²) in [5.41, 5.74) is -0.00198. The minimum absolute atomic E-state index is 0.174. The molecule has 0 saturated carbocycles. The molecule has 3 aromatic carbocycles. The molecular formula is C22H16F6O. The Bertz CT molecular complexity index is 989. The van der Waals surface area contributed by atoms with Gasteiger partial charge in [0.15, 0.2) is 11.6 Å². The molecule has 7 heteroatoms. The van der Waals surface area contributed by atoms with Crippen molar-refractivity contribution in [3.63, 3.8) is 0 Å². The maximum atomic E-state index is 15.1. The van der Waals surface area contributed by atoms with Crippen LogP contribution in [0.15, 0.2) is 54.6 Å². The summed E-state index contributed by atoms with van der Waals surface area (Å²) in [5, 5.41) is 0. The second kappa shape index (κ2) is 8.19. The number of halogens is 6. The van der Waals surface area contributed by atoms with Crippen LogP contribution in [-0.4, -0.2) is 6.36 Å². The first-order valence-corrected chi connectivity index (χ1v) is 8.83. The van der Waals surface area contributed by atoms with E-state index in [-0.39, 0.29) is 16.7 Å². The molecule has 0 aliphatic heterocycles. The lowest BCUT2D eigenvalue weighted by Gasteiger charge is -2.17. The summed E-state index contributed by atoms with van der Waals surface area (Å²) in [6.07, 6.45) is -3.49. The van der Waals surface area contributed by atoms with E-state index in [4.69, 9.17) is 0 Å². The lowest BCUT2D eigenvalue weighted by atomic mass is 9.92. The van der Waals surface area contributed by atoms with Crippen LogP contribution in [0, 0.1) is 17.5 Å². The zero-order valence-electron chi connectivity index (χ0n) is 15.3. The van der Waals surface area contributed by atoms with Gasteiger partial charge < -0.3 is 4.74 Å². The van der Waals surface area contributed by atoms with Crippen molar-refractivity contribution in [3.05, 3.63) is 77.6 Å². The third-order valence-corrected chi connectivity index (χ3v) is 4.35. The Labute approximate surface area is 163 Å². The zero-order chi connectivity index (χ0) is 21.2. The Kier molecular flexibility index (Phi) is 5.86. The highest BCUT2D eigenvalue weighted by atomic mass is 19.4. The quantitative estimate of drug-likeness (QED) is 0.401. The Balaban J connectivity index is 2.25. The van der Waals surface area contributed by atoms with E-state index < -0.39 is 35.1 Å². The number of hydrogen-bond donors (Lipinski definition) is 0. The first-order chi connectivity index (χ1) is 13.7. The fourth-order valence-corrected chi connectivity index (χ4v) is 3.13. The molecule has 0 bridgehead atoms. The number of alkyl halides is 3. The van der Waals surface area contributed by atoms with Gasteiger partial charge in [-0.2, -0.15) is 0 Å². The van der Waals surface area contributed by atoms with Gasteiger partial charge in [0, 0.05) is 5.56 Å². The maximum Gasteiger partial charge on any atom is 0.573 e. The first kappa shape index (κ1) is 20.8. The maximum absolute atomic E-state index is 15.1. The van der Waals surface area contributed by atoms with Crippen molar-refractivity contribution in [1.82, 2.24) is 0 Å². The van der Waals surface area contributed by atoms with Crippen LogP contribution in [0.5, 0.6) is 5.75 Å². The van der Waals surface area contributed by atoms with Crippen molar-refractivity contribution in [2.24, 2.45) is 0 Å². The molecule has 0 aromatic heterocycles. The van der Waals surface area contributed by atoms with Crippen molar-refractivity contribution in [3.8, 4) is 28.0 Å². The Hall–Kier alpha value is -2.96. The molecule has 3 aromatic rings. The first-order valence-electron chi connectivity index (χ1n) is 8.83. The third-order valence-electron chi connectivity index (χ3n) is 4.35. The molecule has 0 saturated heterocycles. The largest absolute Gasteiger partial charge is 0.573 e. The number of benzene rings is 3. The van der Waals surface area contributed by atoms with Crippen LogP contribution in [0.2, 0.25) is 0 Å². The van der Waals surface area contributed by atoms with Crippen LogP contribution in [0.4, 0.5) is 26.3 Å². The van der Waals surface area contributed by atoms with E-state index in [0.717, 1.165) is 42.7 Å². The smallest absolute Gasteiger partial charge is 0.403 e. The van der Waals surface area contributed by atoms with E-state index in [1.54, 1.807) is 12.1 Å². The van der Waals surface area contributed by atoms with Crippen molar-refractivity contribution in [2.45, 2.75) is 26.1 Å². The summed E-state index contributed by atoms with van der Waals surface area (Å²) in [6, 6.07) is 11.2. The van der Waals surface area contributed by atoms with Gasteiger partial charge in [0.05, 0.1) is 5.56 Å². The van der Waals surface area contributed by atoms with Gasteiger partial charge in [-0.25, -0.2) is 13.2 Å². The van der Waals surface area contributed by atoms with Crippen LogP contribution in [0.1, 0.15) is 18.9 Å². The Morgan fingerprint density at radius 1 is 0.793 bits per heavy atom. The molecule has 0 unspecified atom stereocenters. The van der Waals surface area contributed by atoms with Gasteiger partial charge in [-0.3, -0.25) is 0 Å². The zero-order valence-corrected chi connectivity index (χ0v) is 15.3. The van der Waals surface area contributed by atoms with E-state index in [1.165, 1.54) is 12.1 Å². The van der Waals surface area contributed by atoms with Crippen LogP contribution < -0.4 is 4.74 Å². The lowest BCUT2D eigenvalue weighted by Crippen LogP contribution is -2.18. The highest BCUT2D eigenvalue weighted by molar-refractivity contribution is 5.85. The Morgan fingerprint density at radius 3 is 1.97 bits per heavy atom. The molecule has 0 spiro atoms. The average Bonchev–Trinajstić information content (AvgIpc) is 2.64. The van der Waals surface area contributed by atoms with E-state index in [1.807, 2.05) is 6.92 Å². The normalized spacial score (nSPS) is 11.6. The fourth-order valence-electron chi connectivity index (χ4n) is 3.13. The second-order valence-electron chi connectivity index (χ2n) is 6.39. The van der Waals surface area contributed by atoms with Gasteiger partial charge >= 0.3 is 6.36 Å². The van der Waals surface area contributed by atoms with Gasteiger partial charge in [0.1, 0.15) is 11.6 Å². The summed E-state index contributed by atoms with van der Waals surface area (Å²) in [4.78, 5) is 0. The molecule has 0 atom stereocenters. The average molecular weight is 410 g/mol. The van der Waals surface area contributed by atoms with Crippen molar-refractivity contribution >= 4 is 0 Å². The predicted octanol–water partition coefficient (Wildman–Crippen LogP) is 7.29. The SMILES string of the molecule is CCCc1ccc(-c2c(-c3c(F)cccc3F)ccc(OC(F)(F)F)c2F)cc1. The Morgan fingerprint density at radius 2 is 1.41 bits per heavy atom. The monoisotopic (exact) mass is 410 g/mol. The standard InChI is InChI=1S/C22H16F6O/c1-2-4-13-7-9-14(10-8-13)19-15(20-16(23)5-3-6-17(20)24)11-12-18(21(19)25)29-22(26,27)28/h3,5-12H,2,4H2,1H3. The summed E-state index contributed by atoms with van der Waals surface area (Å²) in [6.45, 7) is 1.98. The van der Waals surface area contributed by atoms with E-state index in [0.29, 0.717) is 6.07 Å². The van der Waals surface area contributed by atoms with Gasteiger partial charge in [-0.1, -0.05) is 43.7 Å². The summed E-state index contributed by atoms with van der Waals surface area (Å²) < 4.78 is 85.4. The number of ether oxygens (including phenoxy) is 1. The molecular weight excluding hydrogens is 394 g/mol. The molecule has 1 nitrogen and oxygen atoms in total. The van der Waals surface area contributed by atoms with Crippen molar-refractivity contribution in [2.75, 3.05) is 0 Å². The summed E-state index contributed by atoms with van der Waals surface area (Å²) in [7, 11) is 0. The minimum Gasteiger partial charge on any atom is -0.403 e. The predicted molar refractivity (Wildman–Crippen MR) is 97.9 cm³/mol. The molecule has 3 rings (SSSR count). The second-order valence-corrected chi connectivity index (χ2v) is 6.39. The van der Waals surface area contributed by atoms with Crippen LogP contribution in [-0.2, 0) is 6.42 Å². The van der Waals surface area contributed by atoms with Crippen LogP contribution >= 0.6 is 0 Å². The molecule has 0 radical (unpaired) electrons. The summed E-state index contributed by atoms with van der Waals surface area (Å²) in [5.74, 6) is -4.35. The van der Waals surface area contributed by atoms with Gasteiger partial charge in [0.2, 0.25) is 0 Å². The van der Waals surface area contributed by atoms with Crippen molar-refractivity contribution < 1.29 is 31.1 Å². The van der Waals surface area contributed by atoms with Crippen LogP contribution in [0.25, 0.3) is 22.3 Å². The van der Waals surface area contributed by atoms with E-state index in [2.05, 4.69) is 4.74 Å². The number of hydrogen-bond acceptors (Lipinski definition) is 1. The molecule has 0 aliphatic carbocycles. The van der Waals surface area contributed by atoms with Gasteiger partial charge in [0.25, 0.3) is 0 Å². The molecule has 0 aliphatic rings. The number of rotatable bonds is 5. The lowest BCUT2D eigenvalue weighted by molar-refractivity contribution is -0.275. The van der Waals surface area contributed by atoms with Gasteiger partial charge in [-0.05, 0) is 47.4 Å². The topological polar surface area (TPSA) is 9.23 Å². The summed E-state index contributed by atoms with van der Waals surface area (Å²) >= 11 is 0. The molecule has 0 heterocycles. The minimum atomic E-state index is -5.12.